The molecular formula is C12H19NO5S. The normalized spacial score (nSPS) is 11.1. The number of methoxy groups -OCH3 is 2. The molecule has 0 heterocycles. The molecule has 0 spiro atoms. The van der Waals surface area contributed by atoms with Crippen LogP contribution in [-0.4, -0.2) is 35.0 Å². The highest BCUT2D eigenvalue weighted by Gasteiger charge is 2.04. The molecule has 6 nitrogen and oxygen atoms in total. The van der Waals surface area contributed by atoms with Gasteiger partial charge < -0.3 is 14.2 Å². The van der Waals surface area contributed by atoms with Crippen LogP contribution in [0.3, 0.4) is 0 Å². The SMILES string of the molecule is COc1cc(OC)cc(OCCCCS(N)(=O)=O)c1. The van der Waals surface area contributed by atoms with Crippen LogP contribution in [0.1, 0.15) is 12.8 Å². The molecule has 0 aromatic heterocycles. The van der Waals surface area contributed by atoms with Gasteiger partial charge in [0.05, 0.1) is 26.6 Å². The Bertz CT molecular complexity index is 479. The topological polar surface area (TPSA) is 87.8 Å². The molecule has 0 radical (unpaired) electrons. The Morgan fingerprint density at radius 2 is 1.53 bits per heavy atom. The van der Waals surface area contributed by atoms with E-state index in [2.05, 4.69) is 0 Å². The van der Waals surface area contributed by atoms with E-state index in [1.807, 2.05) is 0 Å². The summed E-state index contributed by atoms with van der Waals surface area (Å²) in [4.78, 5) is 0. The lowest BCUT2D eigenvalue weighted by atomic mass is 10.3. The van der Waals surface area contributed by atoms with Crippen molar-refractivity contribution >= 4 is 10.0 Å². The number of unbranched alkanes of at least 4 members (excludes halogenated alkanes) is 1. The number of rotatable bonds is 8. The molecule has 1 aromatic carbocycles. The third-order valence-corrected chi connectivity index (χ3v) is 3.27. The summed E-state index contributed by atoms with van der Waals surface area (Å²) in [6.45, 7) is 0.409. The lowest BCUT2D eigenvalue weighted by molar-refractivity contribution is 0.304. The van der Waals surface area contributed by atoms with E-state index in [0.717, 1.165) is 0 Å². The Hall–Kier alpha value is -1.47. The number of primary sulfonamides is 1. The quantitative estimate of drug-likeness (QED) is 0.725. The van der Waals surface area contributed by atoms with Crippen LogP contribution < -0.4 is 19.3 Å². The molecule has 0 saturated heterocycles. The van der Waals surface area contributed by atoms with E-state index in [0.29, 0.717) is 36.7 Å². The molecule has 1 rings (SSSR count). The van der Waals surface area contributed by atoms with Gasteiger partial charge in [0, 0.05) is 18.2 Å². The second-order valence-electron chi connectivity index (χ2n) is 3.97. The van der Waals surface area contributed by atoms with E-state index in [1.165, 1.54) is 0 Å². The lowest BCUT2D eigenvalue weighted by Gasteiger charge is -2.10. The van der Waals surface area contributed by atoms with E-state index < -0.39 is 10.0 Å². The second-order valence-corrected chi connectivity index (χ2v) is 5.70. The summed E-state index contributed by atoms with van der Waals surface area (Å²) in [6, 6.07) is 5.22. The van der Waals surface area contributed by atoms with Crippen molar-refractivity contribution in [3.63, 3.8) is 0 Å². The molecule has 0 aliphatic rings. The molecule has 0 bridgehead atoms. The van der Waals surface area contributed by atoms with Crippen molar-refractivity contribution in [3.8, 4) is 17.2 Å². The maximum absolute atomic E-state index is 10.7. The van der Waals surface area contributed by atoms with Gasteiger partial charge in [-0.2, -0.15) is 0 Å². The van der Waals surface area contributed by atoms with Crippen molar-refractivity contribution in [3.05, 3.63) is 18.2 Å². The molecule has 2 N–H and O–H groups in total. The van der Waals surface area contributed by atoms with Gasteiger partial charge in [0.2, 0.25) is 10.0 Å². The summed E-state index contributed by atoms with van der Waals surface area (Å²) in [7, 11) is -0.266. The third kappa shape index (κ3) is 6.30. The highest BCUT2D eigenvalue weighted by atomic mass is 32.2. The van der Waals surface area contributed by atoms with Crippen LogP contribution in [0.25, 0.3) is 0 Å². The number of sulfonamides is 1. The fraction of sp³-hybridized carbons (Fsp3) is 0.500. The van der Waals surface area contributed by atoms with Gasteiger partial charge in [0.15, 0.2) is 0 Å². The van der Waals surface area contributed by atoms with E-state index >= 15 is 0 Å². The van der Waals surface area contributed by atoms with Gasteiger partial charge in [-0.1, -0.05) is 0 Å². The van der Waals surface area contributed by atoms with Crippen LogP contribution in [0.5, 0.6) is 17.2 Å². The van der Waals surface area contributed by atoms with Gasteiger partial charge >= 0.3 is 0 Å². The summed E-state index contributed by atoms with van der Waals surface area (Å²) in [6.07, 6.45) is 1.08. The predicted octanol–water partition coefficient (Wildman–Crippen LogP) is 1.15. The molecule has 19 heavy (non-hydrogen) atoms. The van der Waals surface area contributed by atoms with Crippen molar-refractivity contribution in [1.82, 2.24) is 0 Å². The number of benzene rings is 1. The lowest BCUT2D eigenvalue weighted by Crippen LogP contribution is -2.16. The van der Waals surface area contributed by atoms with Gasteiger partial charge in [-0.15, -0.1) is 0 Å². The van der Waals surface area contributed by atoms with Gasteiger partial charge in [-0.25, -0.2) is 13.6 Å². The molecule has 0 aliphatic heterocycles. The standard InChI is InChI=1S/C12H19NO5S/c1-16-10-7-11(17-2)9-12(8-10)18-5-3-4-6-19(13,14)15/h7-9H,3-6H2,1-2H3,(H2,13,14,15). The molecule has 7 heteroatoms. The largest absolute Gasteiger partial charge is 0.496 e. The minimum atomic E-state index is -3.39. The highest BCUT2D eigenvalue weighted by molar-refractivity contribution is 7.89. The monoisotopic (exact) mass is 289 g/mol. The molecule has 108 valence electrons. The Morgan fingerprint density at radius 1 is 1.00 bits per heavy atom. The molecule has 0 saturated carbocycles. The zero-order valence-electron chi connectivity index (χ0n) is 11.1. The first-order valence-electron chi connectivity index (χ1n) is 5.81. The van der Waals surface area contributed by atoms with Crippen LogP contribution in [0.15, 0.2) is 18.2 Å². The maximum Gasteiger partial charge on any atom is 0.209 e. The summed E-state index contributed by atoms with van der Waals surface area (Å²) >= 11 is 0. The highest BCUT2D eigenvalue weighted by Crippen LogP contribution is 2.27. The fourth-order valence-electron chi connectivity index (χ4n) is 1.46. The molecular weight excluding hydrogens is 270 g/mol. The number of hydrogen-bond acceptors (Lipinski definition) is 5. The second kappa shape index (κ2) is 7.20. The first kappa shape index (κ1) is 15.6. The van der Waals surface area contributed by atoms with Crippen molar-refractivity contribution in [2.24, 2.45) is 5.14 Å². The van der Waals surface area contributed by atoms with Crippen LogP contribution in [0.4, 0.5) is 0 Å². The van der Waals surface area contributed by atoms with Crippen LogP contribution >= 0.6 is 0 Å². The number of hydrogen-bond donors (Lipinski definition) is 1. The maximum atomic E-state index is 10.7. The third-order valence-electron chi connectivity index (χ3n) is 2.42. The van der Waals surface area contributed by atoms with Crippen molar-refractivity contribution < 1.29 is 22.6 Å². The average Bonchev–Trinajstić information content (AvgIpc) is 2.36. The van der Waals surface area contributed by atoms with Gasteiger partial charge in [0.1, 0.15) is 17.2 Å². The Balaban J connectivity index is 2.44. The minimum Gasteiger partial charge on any atom is -0.496 e. The molecule has 0 atom stereocenters. The van der Waals surface area contributed by atoms with E-state index in [4.69, 9.17) is 19.3 Å². The number of nitrogens with two attached hydrogens (primary N) is 1. The summed E-state index contributed by atoms with van der Waals surface area (Å²) in [5.41, 5.74) is 0. The minimum absolute atomic E-state index is 0.0300. The van der Waals surface area contributed by atoms with E-state index in [9.17, 15) is 8.42 Å². The van der Waals surface area contributed by atoms with E-state index in [1.54, 1.807) is 32.4 Å². The summed E-state index contributed by atoms with van der Waals surface area (Å²) in [5.74, 6) is 1.86. The summed E-state index contributed by atoms with van der Waals surface area (Å²) in [5, 5.41) is 4.90. The van der Waals surface area contributed by atoms with Gasteiger partial charge in [-0.05, 0) is 12.8 Å². The predicted molar refractivity (Wildman–Crippen MR) is 72.2 cm³/mol. The van der Waals surface area contributed by atoms with Crippen molar-refractivity contribution in [2.45, 2.75) is 12.8 Å². The molecule has 1 aromatic rings. The molecule has 0 amide bonds. The summed E-state index contributed by atoms with van der Waals surface area (Å²) < 4.78 is 37.2. The first-order valence-corrected chi connectivity index (χ1v) is 7.52. The Morgan fingerprint density at radius 3 is 2.00 bits per heavy atom. The fourth-order valence-corrected chi connectivity index (χ4v) is 2.07. The Labute approximate surface area is 113 Å². The van der Waals surface area contributed by atoms with Crippen LogP contribution in [0.2, 0.25) is 0 Å². The van der Waals surface area contributed by atoms with Gasteiger partial charge in [-0.3, -0.25) is 0 Å². The van der Waals surface area contributed by atoms with E-state index in [-0.39, 0.29) is 5.75 Å². The van der Waals surface area contributed by atoms with Crippen LogP contribution in [0, 0.1) is 0 Å². The molecule has 0 unspecified atom stereocenters. The van der Waals surface area contributed by atoms with Crippen molar-refractivity contribution in [2.75, 3.05) is 26.6 Å². The zero-order valence-corrected chi connectivity index (χ0v) is 11.9. The average molecular weight is 289 g/mol. The first-order chi connectivity index (χ1) is 8.94. The van der Waals surface area contributed by atoms with Crippen LogP contribution in [-0.2, 0) is 10.0 Å². The smallest absolute Gasteiger partial charge is 0.209 e. The molecule has 0 aliphatic carbocycles. The Kier molecular flexibility index (Phi) is 5.91. The number of ether oxygens (including phenoxy) is 3. The van der Waals surface area contributed by atoms with Crippen molar-refractivity contribution in [1.29, 1.82) is 0 Å². The zero-order chi connectivity index (χ0) is 14.3. The van der Waals surface area contributed by atoms with Gasteiger partial charge in [0.25, 0.3) is 0 Å². The molecule has 0 fully saturated rings.